The fourth-order valence-corrected chi connectivity index (χ4v) is 1.11. The van der Waals surface area contributed by atoms with Crippen LogP contribution in [0, 0.1) is 13.8 Å². The summed E-state index contributed by atoms with van der Waals surface area (Å²) in [4.78, 5) is 0. The average molecular weight is 215 g/mol. The van der Waals surface area contributed by atoms with Gasteiger partial charge in [0.25, 0.3) is 0 Å². The van der Waals surface area contributed by atoms with E-state index in [1.807, 2.05) is 50.2 Å². The van der Waals surface area contributed by atoms with E-state index in [0.29, 0.717) is 5.75 Å². The summed E-state index contributed by atoms with van der Waals surface area (Å²) < 4.78 is 0. The van der Waals surface area contributed by atoms with Crippen molar-refractivity contribution in [3.63, 3.8) is 0 Å². The van der Waals surface area contributed by atoms with E-state index in [0.717, 1.165) is 5.69 Å². The molecule has 84 valence electrons. The normalized spacial score (nSPS) is 9.12. The number of hydrogen-bond acceptors (Lipinski definition) is 2. The molecule has 2 nitrogen and oxygen atoms in total. The summed E-state index contributed by atoms with van der Waals surface area (Å²) in [5.74, 6) is 0.329. The van der Waals surface area contributed by atoms with Gasteiger partial charge in [-0.3, -0.25) is 0 Å². The van der Waals surface area contributed by atoms with Gasteiger partial charge in [0.15, 0.2) is 0 Å². The molecule has 0 heterocycles. The van der Waals surface area contributed by atoms with Gasteiger partial charge in [-0.25, -0.2) is 0 Å². The van der Waals surface area contributed by atoms with Crippen molar-refractivity contribution in [2.45, 2.75) is 13.8 Å². The maximum atomic E-state index is 8.76. The molecule has 2 aromatic carbocycles. The van der Waals surface area contributed by atoms with E-state index >= 15 is 0 Å². The molecule has 16 heavy (non-hydrogen) atoms. The number of phenols is 1. The van der Waals surface area contributed by atoms with E-state index in [-0.39, 0.29) is 0 Å². The Morgan fingerprint density at radius 2 is 1.12 bits per heavy atom. The van der Waals surface area contributed by atoms with E-state index in [1.54, 1.807) is 12.1 Å². The van der Waals surface area contributed by atoms with Crippen LogP contribution in [-0.2, 0) is 0 Å². The van der Waals surface area contributed by atoms with Crippen LogP contribution in [0.2, 0.25) is 0 Å². The van der Waals surface area contributed by atoms with Gasteiger partial charge in [-0.1, -0.05) is 35.4 Å². The van der Waals surface area contributed by atoms with Crippen LogP contribution in [-0.4, -0.2) is 5.11 Å². The van der Waals surface area contributed by atoms with Crippen LogP contribution in [0.5, 0.6) is 5.75 Å². The fraction of sp³-hybridized carbons (Fsp3) is 0.143. The minimum absolute atomic E-state index is 0.329. The van der Waals surface area contributed by atoms with Crippen LogP contribution >= 0.6 is 0 Å². The lowest BCUT2D eigenvalue weighted by Gasteiger charge is -1.90. The smallest absolute Gasteiger partial charge is 0.115 e. The first-order valence-corrected chi connectivity index (χ1v) is 5.16. The molecule has 0 aliphatic heterocycles. The molecule has 0 spiro atoms. The number of aryl methyl sites for hydroxylation is 2. The first-order valence-electron chi connectivity index (χ1n) is 5.16. The van der Waals surface area contributed by atoms with Crippen LogP contribution in [0.1, 0.15) is 11.1 Å². The van der Waals surface area contributed by atoms with Crippen molar-refractivity contribution in [2.24, 2.45) is 0 Å². The van der Waals surface area contributed by atoms with Gasteiger partial charge in [0, 0.05) is 5.69 Å². The highest BCUT2D eigenvalue weighted by atomic mass is 16.3. The monoisotopic (exact) mass is 215 g/mol. The van der Waals surface area contributed by atoms with Gasteiger partial charge in [-0.05, 0) is 38.1 Å². The third-order valence-corrected chi connectivity index (χ3v) is 2.11. The van der Waals surface area contributed by atoms with E-state index < -0.39 is 0 Å². The number of hydrogen-bond donors (Lipinski definition) is 2. The van der Waals surface area contributed by atoms with Crippen LogP contribution < -0.4 is 5.73 Å². The quantitative estimate of drug-likeness (QED) is 0.662. The second kappa shape index (κ2) is 5.81. The molecule has 0 radical (unpaired) electrons. The van der Waals surface area contributed by atoms with Gasteiger partial charge in [0.05, 0.1) is 0 Å². The van der Waals surface area contributed by atoms with Crippen LogP contribution in [0.3, 0.4) is 0 Å². The summed E-state index contributed by atoms with van der Waals surface area (Å²) in [6.07, 6.45) is 0. The molecule has 0 bridgehead atoms. The molecular weight excluding hydrogens is 198 g/mol. The number of phenolic OH excluding ortho intramolecular Hbond substituents is 1. The maximum Gasteiger partial charge on any atom is 0.115 e. The zero-order valence-corrected chi connectivity index (χ0v) is 9.64. The number of aromatic hydroxyl groups is 1. The number of nitrogen functional groups attached to an aromatic ring is 1. The Labute approximate surface area is 96.4 Å². The highest BCUT2D eigenvalue weighted by Gasteiger charge is 1.82. The second-order valence-electron chi connectivity index (χ2n) is 3.75. The van der Waals surface area contributed by atoms with Gasteiger partial charge in [-0.15, -0.1) is 0 Å². The Hall–Kier alpha value is -1.96. The number of rotatable bonds is 0. The van der Waals surface area contributed by atoms with Gasteiger partial charge in [0.2, 0.25) is 0 Å². The van der Waals surface area contributed by atoms with E-state index in [2.05, 4.69) is 0 Å². The molecule has 2 rings (SSSR count). The van der Waals surface area contributed by atoms with Gasteiger partial charge in [0.1, 0.15) is 5.75 Å². The van der Waals surface area contributed by atoms with Gasteiger partial charge in [-0.2, -0.15) is 0 Å². The first kappa shape index (κ1) is 12.1. The lowest BCUT2D eigenvalue weighted by Crippen LogP contribution is -1.81. The lowest BCUT2D eigenvalue weighted by molar-refractivity contribution is 0.475. The third kappa shape index (κ3) is 4.51. The van der Waals surface area contributed by atoms with Crippen molar-refractivity contribution in [3.8, 4) is 5.75 Å². The Morgan fingerprint density at radius 1 is 0.750 bits per heavy atom. The Bertz CT molecular complexity index is 332. The maximum absolute atomic E-state index is 8.76. The molecule has 0 unspecified atom stereocenters. The number of nitrogens with two attached hydrogens (primary N) is 1. The van der Waals surface area contributed by atoms with Crippen molar-refractivity contribution in [1.82, 2.24) is 0 Å². The highest BCUT2D eigenvalue weighted by molar-refractivity contribution is 5.38. The van der Waals surface area contributed by atoms with Crippen LogP contribution in [0.25, 0.3) is 0 Å². The summed E-state index contributed by atoms with van der Waals surface area (Å²) in [7, 11) is 0. The largest absolute Gasteiger partial charge is 0.508 e. The third-order valence-electron chi connectivity index (χ3n) is 2.11. The Balaban J connectivity index is 0.000000160. The second-order valence-corrected chi connectivity index (χ2v) is 3.75. The van der Waals surface area contributed by atoms with Gasteiger partial charge >= 0.3 is 0 Å². The van der Waals surface area contributed by atoms with Crippen molar-refractivity contribution >= 4 is 5.69 Å². The molecule has 0 aliphatic carbocycles. The molecule has 0 aliphatic rings. The fourth-order valence-electron chi connectivity index (χ4n) is 1.11. The van der Waals surface area contributed by atoms with Crippen LogP contribution in [0.15, 0.2) is 48.5 Å². The zero-order valence-electron chi connectivity index (χ0n) is 9.64. The van der Waals surface area contributed by atoms with Crippen molar-refractivity contribution in [2.75, 3.05) is 5.73 Å². The molecule has 0 amide bonds. The predicted molar refractivity (Wildman–Crippen MR) is 68.4 cm³/mol. The molecule has 2 aromatic rings. The predicted octanol–water partition coefficient (Wildman–Crippen LogP) is 3.28. The van der Waals surface area contributed by atoms with E-state index in [1.165, 1.54) is 11.1 Å². The number of benzene rings is 2. The summed E-state index contributed by atoms with van der Waals surface area (Å²) in [5.41, 5.74) is 8.67. The summed E-state index contributed by atoms with van der Waals surface area (Å²) in [6, 6.07) is 14.9. The van der Waals surface area contributed by atoms with Crippen LogP contribution in [0.4, 0.5) is 5.69 Å². The molecule has 3 N–H and O–H groups in total. The Kier molecular flexibility index (Phi) is 4.40. The molecule has 0 aromatic heterocycles. The minimum atomic E-state index is 0.329. The van der Waals surface area contributed by atoms with Crippen molar-refractivity contribution < 1.29 is 5.11 Å². The van der Waals surface area contributed by atoms with E-state index in [9.17, 15) is 0 Å². The summed E-state index contributed by atoms with van der Waals surface area (Å²) in [6.45, 7) is 4.03. The minimum Gasteiger partial charge on any atom is -0.508 e. The molecule has 0 atom stereocenters. The lowest BCUT2D eigenvalue weighted by atomic mass is 10.2. The average Bonchev–Trinajstić information content (AvgIpc) is 2.28. The molecule has 0 fully saturated rings. The highest BCUT2D eigenvalue weighted by Crippen LogP contribution is 2.07. The Morgan fingerprint density at radius 3 is 1.44 bits per heavy atom. The number of anilines is 1. The standard InChI is InChI=1S/C7H9N.C7H8O/c2*1-6-2-4-7(8)5-3-6/h2-5H,8H2,1H3;2-5,8H,1H3. The zero-order chi connectivity index (χ0) is 12.0. The molecule has 0 saturated carbocycles. The summed E-state index contributed by atoms with van der Waals surface area (Å²) in [5, 5.41) is 8.76. The topological polar surface area (TPSA) is 46.2 Å². The SMILES string of the molecule is Cc1ccc(N)cc1.Cc1ccc(O)cc1. The molecule has 2 heteroatoms. The molecule has 0 saturated heterocycles. The van der Waals surface area contributed by atoms with Gasteiger partial charge < -0.3 is 10.8 Å². The van der Waals surface area contributed by atoms with Crippen molar-refractivity contribution in [1.29, 1.82) is 0 Å². The van der Waals surface area contributed by atoms with E-state index in [4.69, 9.17) is 10.8 Å². The van der Waals surface area contributed by atoms with Crippen molar-refractivity contribution in [3.05, 3.63) is 59.7 Å². The summed E-state index contributed by atoms with van der Waals surface area (Å²) >= 11 is 0. The molecular formula is C14H17NO. The first-order chi connectivity index (χ1) is 7.58.